The highest BCUT2D eigenvalue weighted by Gasteiger charge is 2.32. The third kappa shape index (κ3) is 3.59. The van der Waals surface area contributed by atoms with Crippen LogP contribution in [0.25, 0.3) is 0 Å². The first kappa shape index (κ1) is 15.5. The number of ether oxygens (including phenoxy) is 1. The predicted molar refractivity (Wildman–Crippen MR) is 78.0 cm³/mol. The number of amides is 2. The molecule has 6 heteroatoms. The van der Waals surface area contributed by atoms with Gasteiger partial charge in [0, 0.05) is 12.6 Å². The highest BCUT2D eigenvalue weighted by molar-refractivity contribution is 5.83. The van der Waals surface area contributed by atoms with E-state index >= 15 is 0 Å². The molecule has 0 radical (unpaired) electrons. The zero-order chi connectivity index (χ0) is 15.4. The quantitative estimate of drug-likeness (QED) is 0.818. The van der Waals surface area contributed by atoms with Crippen molar-refractivity contribution in [2.75, 3.05) is 19.7 Å². The average Bonchev–Trinajstić information content (AvgIpc) is 2.53. The van der Waals surface area contributed by atoms with Gasteiger partial charge in [-0.15, -0.1) is 0 Å². The van der Waals surface area contributed by atoms with E-state index in [0.717, 1.165) is 5.56 Å². The lowest BCUT2D eigenvalue weighted by atomic mass is 9.94. The van der Waals surface area contributed by atoms with Gasteiger partial charge in [-0.25, -0.2) is 0 Å². The molecule has 3 atom stereocenters. The summed E-state index contributed by atoms with van der Waals surface area (Å²) < 4.78 is 5.24. The Hall–Kier alpha value is -1.92. The summed E-state index contributed by atoms with van der Waals surface area (Å²) in [5, 5.41) is 0. The van der Waals surface area contributed by atoms with E-state index < -0.39 is 12.0 Å². The lowest BCUT2D eigenvalue weighted by Gasteiger charge is -2.34. The molecule has 1 aromatic rings. The molecule has 0 saturated carbocycles. The Labute approximate surface area is 124 Å². The number of hydrogen-bond donors (Lipinski definition) is 2. The third-order valence-corrected chi connectivity index (χ3v) is 3.81. The van der Waals surface area contributed by atoms with Crippen LogP contribution in [-0.4, -0.2) is 42.5 Å². The number of morpholine rings is 1. The van der Waals surface area contributed by atoms with Crippen molar-refractivity contribution in [2.24, 2.45) is 17.4 Å². The molecular weight excluding hydrogens is 270 g/mol. The van der Waals surface area contributed by atoms with E-state index in [1.165, 1.54) is 0 Å². The van der Waals surface area contributed by atoms with Crippen LogP contribution in [-0.2, 0) is 14.3 Å². The first-order valence-corrected chi connectivity index (χ1v) is 7.01. The molecule has 1 aromatic carbocycles. The fourth-order valence-corrected chi connectivity index (χ4v) is 2.43. The van der Waals surface area contributed by atoms with Crippen LogP contribution in [0.1, 0.15) is 18.5 Å². The molecule has 1 aliphatic rings. The Balaban J connectivity index is 2.03. The normalized spacial score (nSPS) is 21.6. The van der Waals surface area contributed by atoms with Crippen LogP contribution >= 0.6 is 0 Å². The van der Waals surface area contributed by atoms with Crippen LogP contribution in [0.5, 0.6) is 0 Å². The summed E-state index contributed by atoms with van der Waals surface area (Å²) in [6, 6.07) is 9.12. The van der Waals surface area contributed by atoms with Crippen LogP contribution in [0.4, 0.5) is 0 Å². The van der Waals surface area contributed by atoms with Crippen LogP contribution in [0, 0.1) is 5.92 Å². The van der Waals surface area contributed by atoms with Gasteiger partial charge in [0.25, 0.3) is 0 Å². The van der Waals surface area contributed by atoms with Crippen LogP contribution in [0.15, 0.2) is 30.3 Å². The van der Waals surface area contributed by atoms with Gasteiger partial charge in [0.15, 0.2) is 6.10 Å². The van der Waals surface area contributed by atoms with Crippen molar-refractivity contribution in [3.8, 4) is 0 Å². The fourth-order valence-electron chi connectivity index (χ4n) is 2.43. The maximum Gasteiger partial charge on any atom is 0.248 e. The Morgan fingerprint density at radius 3 is 2.62 bits per heavy atom. The van der Waals surface area contributed by atoms with E-state index in [2.05, 4.69) is 0 Å². The summed E-state index contributed by atoms with van der Waals surface area (Å²) in [4.78, 5) is 25.3. The van der Waals surface area contributed by atoms with Crippen LogP contribution < -0.4 is 11.5 Å². The fraction of sp³-hybridized carbons (Fsp3) is 0.467. The number of rotatable bonds is 4. The monoisotopic (exact) mass is 291 g/mol. The summed E-state index contributed by atoms with van der Waals surface area (Å²) in [6.07, 6.45) is -0.733. The van der Waals surface area contributed by atoms with Crippen molar-refractivity contribution in [1.29, 1.82) is 0 Å². The van der Waals surface area contributed by atoms with Gasteiger partial charge in [-0.1, -0.05) is 37.3 Å². The first-order chi connectivity index (χ1) is 10.0. The zero-order valence-corrected chi connectivity index (χ0v) is 12.1. The molecule has 0 spiro atoms. The molecule has 1 fully saturated rings. The summed E-state index contributed by atoms with van der Waals surface area (Å²) in [6.45, 7) is 2.76. The van der Waals surface area contributed by atoms with Gasteiger partial charge in [-0.2, -0.15) is 0 Å². The van der Waals surface area contributed by atoms with Gasteiger partial charge in [-0.05, 0) is 5.56 Å². The molecule has 1 saturated heterocycles. The average molecular weight is 291 g/mol. The minimum atomic E-state index is -0.733. The van der Waals surface area contributed by atoms with E-state index in [-0.39, 0.29) is 24.4 Å². The number of primary amides is 1. The van der Waals surface area contributed by atoms with Crippen molar-refractivity contribution < 1.29 is 14.3 Å². The zero-order valence-electron chi connectivity index (χ0n) is 12.1. The second-order valence-corrected chi connectivity index (χ2v) is 5.27. The number of nitrogens with zero attached hydrogens (tertiary/aromatic N) is 1. The van der Waals surface area contributed by atoms with Crippen molar-refractivity contribution in [2.45, 2.75) is 19.1 Å². The summed E-state index contributed by atoms with van der Waals surface area (Å²) in [5.74, 6) is -1.01. The molecule has 0 aliphatic carbocycles. The highest BCUT2D eigenvalue weighted by atomic mass is 16.5. The van der Waals surface area contributed by atoms with Gasteiger partial charge in [0.2, 0.25) is 11.8 Å². The van der Waals surface area contributed by atoms with Gasteiger partial charge in [0.1, 0.15) is 0 Å². The van der Waals surface area contributed by atoms with E-state index in [1.807, 2.05) is 30.3 Å². The SMILES string of the molecule is CC(C(=O)N1CCOC(C(N)=O)C1)C(N)c1ccccc1. The number of hydrogen-bond acceptors (Lipinski definition) is 4. The van der Waals surface area contributed by atoms with Crippen molar-refractivity contribution in [3.05, 3.63) is 35.9 Å². The Bertz CT molecular complexity index is 506. The van der Waals surface area contributed by atoms with Crippen LogP contribution in [0.3, 0.4) is 0 Å². The Morgan fingerprint density at radius 1 is 1.33 bits per heavy atom. The molecular formula is C15H21N3O3. The lowest BCUT2D eigenvalue weighted by molar-refractivity contribution is -0.148. The van der Waals surface area contributed by atoms with Crippen molar-refractivity contribution in [1.82, 2.24) is 4.90 Å². The highest BCUT2D eigenvalue weighted by Crippen LogP contribution is 2.22. The number of nitrogens with two attached hydrogens (primary N) is 2. The third-order valence-electron chi connectivity index (χ3n) is 3.81. The number of carbonyl (C=O) groups is 2. The van der Waals surface area contributed by atoms with E-state index in [0.29, 0.717) is 13.2 Å². The standard InChI is InChI=1S/C15H21N3O3/c1-10(13(16)11-5-3-2-4-6-11)15(20)18-7-8-21-12(9-18)14(17)19/h2-6,10,12-13H,7-9,16H2,1H3,(H2,17,19). The molecule has 0 aromatic heterocycles. The molecule has 2 rings (SSSR count). The Morgan fingerprint density at radius 2 is 2.00 bits per heavy atom. The van der Waals surface area contributed by atoms with Crippen molar-refractivity contribution >= 4 is 11.8 Å². The molecule has 4 N–H and O–H groups in total. The summed E-state index contributed by atoms with van der Waals surface area (Å²) in [7, 11) is 0. The molecule has 1 heterocycles. The first-order valence-electron chi connectivity index (χ1n) is 7.01. The van der Waals surface area contributed by atoms with E-state index in [9.17, 15) is 9.59 Å². The van der Waals surface area contributed by atoms with Gasteiger partial charge in [0.05, 0.1) is 19.1 Å². The number of benzene rings is 1. The second-order valence-electron chi connectivity index (χ2n) is 5.27. The number of carbonyl (C=O) groups excluding carboxylic acids is 2. The Kier molecular flexibility index (Phi) is 4.93. The van der Waals surface area contributed by atoms with Crippen LogP contribution in [0.2, 0.25) is 0 Å². The molecule has 21 heavy (non-hydrogen) atoms. The molecule has 2 amide bonds. The molecule has 3 unspecified atom stereocenters. The predicted octanol–water partition coefficient (Wildman–Crippen LogP) is 0.0352. The molecule has 1 aliphatic heterocycles. The summed E-state index contributed by atoms with van der Waals surface area (Å²) in [5.41, 5.74) is 12.3. The van der Waals surface area contributed by atoms with Crippen molar-refractivity contribution in [3.63, 3.8) is 0 Å². The maximum atomic E-state index is 12.5. The smallest absolute Gasteiger partial charge is 0.248 e. The lowest BCUT2D eigenvalue weighted by Crippen LogP contribution is -2.52. The van der Waals surface area contributed by atoms with Gasteiger partial charge < -0.3 is 21.1 Å². The second kappa shape index (κ2) is 6.69. The van der Waals surface area contributed by atoms with E-state index in [4.69, 9.17) is 16.2 Å². The molecule has 6 nitrogen and oxygen atoms in total. The van der Waals surface area contributed by atoms with E-state index in [1.54, 1.807) is 11.8 Å². The summed E-state index contributed by atoms with van der Waals surface area (Å²) >= 11 is 0. The minimum Gasteiger partial charge on any atom is -0.367 e. The topological polar surface area (TPSA) is 98.6 Å². The molecule has 114 valence electrons. The minimum absolute atomic E-state index is 0.0825. The molecule has 0 bridgehead atoms. The van der Waals surface area contributed by atoms with Gasteiger partial charge >= 0.3 is 0 Å². The van der Waals surface area contributed by atoms with Gasteiger partial charge in [-0.3, -0.25) is 9.59 Å². The largest absolute Gasteiger partial charge is 0.367 e. The maximum absolute atomic E-state index is 12.5.